The third-order valence-electron chi connectivity index (χ3n) is 3.97. The number of rotatable bonds is 8. The Labute approximate surface area is 152 Å². The number of ether oxygens (including phenoxy) is 1. The van der Waals surface area contributed by atoms with Crippen LogP contribution in [0.15, 0.2) is 66.2 Å². The van der Waals surface area contributed by atoms with E-state index >= 15 is 0 Å². The van der Waals surface area contributed by atoms with Crippen molar-refractivity contribution < 1.29 is 4.74 Å². The number of allylic oxidation sites excluding steroid dienone is 2. The highest BCUT2D eigenvalue weighted by Crippen LogP contribution is 2.18. The van der Waals surface area contributed by atoms with Crippen molar-refractivity contribution in [3.63, 3.8) is 0 Å². The van der Waals surface area contributed by atoms with Crippen LogP contribution in [0.4, 0.5) is 0 Å². The van der Waals surface area contributed by atoms with Crippen molar-refractivity contribution in [3.05, 3.63) is 77.4 Å². The van der Waals surface area contributed by atoms with Crippen molar-refractivity contribution >= 4 is 0 Å². The van der Waals surface area contributed by atoms with Gasteiger partial charge in [0, 0.05) is 0 Å². The molecule has 0 saturated heterocycles. The van der Waals surface area contributed by atoms with E-state index in [9.17, 15) is 0 Å². The van der Waals surface area contributed by atoms with E-state index in [1.807, 2.05) is 18.2 Å². The summed E-state index contributed by atoms with van der Waals surface area (Å²) in [6, 6.07) is 18.8. The Bertz CT molecular complexity index is 602. The van der Waals surface area contributed by atoms with Gasteiger partial charge in [-0.15, -0.1) is 0 Å². The van der Waals surface area contributed by atoms with Crippen molar-refractivity contribution in [2.45, 2.75) is 46.6 Å². The van der Waals surface area contributed by atoms with Gasteiger partial charge in [0.2, 0.25) is 0 Å². The molecule has 0 aromatic heterocycles. The Hall–Kier alpha value is -2.10. The highest BCUT2D eigenvalue weighted by Gasteiger charge is 2.04. The van der Waals surface area contributed by atoms with Gasteiger partial charge in [-0.2, -0.15) is 0 Å². The molecular weight excluding hydrogens is 308 g/mol. The predicted octanol–water partition coefficient (Wildman–Crippen LogP) is 5.01. The second-order valence-corrected chi connectivity index (χ2v) is 6.59. The van der Waals surface area contributed by atoms with E-state index in [0.717, 1.165) is 12.2 Å². The summed E-state index contributed by atoms with van der Waals surface area (Å²) in [6.07, 6.45) is 5.89. The van der Waals surface area contributed by atoms with Crippen LogP contribution in [0, 0.1) is 5.92 Å². The first-order chi connectivity index (χ1) is 12.1. The van der Waals surface area contributed by atoms with Crippen molar-refractivity contribution in [1.82, 2.24) is 0 Å². The molecular formula is C22H32N2O. The maximum absolute atomic E-state index is 5.84. The summed E-state index contributed by atoms with van der Waals surface area (Å²) < 4.78 is 5.84. The van der Waals surface area contributed by atoms with Crippen LogP contribution < -0.4 is 16.4 Å². The molecule has 1 unspecified atom stereocenters. The SMILES string of the molecule is CC(C)=CCCC(C)Cc1ccc(OCc2ccccc2)cc1.NN. The first-order valence-corrected chi connectivity index (χ1v) is 8.86. The molecule has 0 aliphatic heterocycles. The van der Waals surface area contributed by atoms with Crippen LogP contribution in [0.2, 0.25) is 0 Å². The minimum atomic E-state index is 0.624. The number of hydrazine groups is 1. The molecule has 2 aromatic carbocycles. The Morgan fingerprint density at radius 2 is 1.60 bits per heavy atom. The molecule has 0 saturated carbocycles. The van der Waals surface area contributed by atoms with Crippen LogP contribution in [-0.4, -0.2) is 0 Å². The van der Waals surface area contributed by atoms with Gasteiger partial charge in [-0.1, -0.05) is 61.0 Å². The lowest BCUT2D eigenvalue weighted by molar-refractivity contribution is 0.306. The molecule has 25 heavy (non-hydrogen) atoms. The first kappa shape index (κ1) is 20.9. The van der Waals surface area contributed by atoms with E-state index in [4.69, 9.17) is 4.74 Å². The summed E-state index contributed by atoms with van der Waals surface area (Å²) >= 11 is 0. The molecule has 0 radical (unpaired) electrons. The van der Waals surface area contributed by atoms with Crippen LogP contribution in [-0.2, 0) is 13.0 Å². The maximum Gasteiger partial charge on any atom is 0.119 e. The lowest BCUT2D eigenvalue weighted by Gasteiger charge is -2.11. The fraction of sp³-hybridized carbons (Fsp3) is 0.364. The summed E-state index contributed by atoms with van der Waals surface area (Å²) in [5.74, 6) is 9.65. The van der Waals surface area contributed by atoms with Crippen molar-refractivity contribution in [3.8, 4) is 5.75 Å². The molecule has 0 aliphatic rings. The van der Waals surface area contributed by atoms with Gasteiger partial charge < -0.3 is 4.74 Å². The molecule has 0 fully saturated rings. The number of hydrogen-bond acceptors (Lipinski definition) is 3. The Morgan fingerprint density at radius 3 is 2.20 bits per heavy atom. The molecule has 2 aromatic rings. The van der Waals surface area contributed by atoms with E-state index in [2.05, 4.69) is 74.9 Å². The zero-order valence-corrected chi connectivity index (χ0v) is 15.7. The second kappa shape index (κ2) is 12.3. The Morgan fingerprint density at radius 1 is 0.960 bits per heavy atom. The Balaban J connectivity index is 0.00000151. The fourth-order valence-electron chi connectivity index (χ4n) is 2.62. The highest BCUT2D eigenvalue weighted by molar-refractivity contribution is 5.28. The molecule has 4 N–H and O–H groups in total. The van der Waals surface area contributed by atoms with Crippen molar-refractivity contribution in [1.29, 1.82) is 0 Å². The molecule has 0 amide bonds. The average Bonchev–Trinajstić information content (AvgIpc) is 2.63. The normalized spacial score (nSPS) is 11.1. The topological polar surface area (TPSA) is 61.3 Å². The molecule has 0 heterocycles. The minimum absolute atomic E-state index is 0.624. The van der Waals surface area contributed by atoms with E-state index in [1.54, 1.807) is 0 Å². The molecule has 0 bridgehead atoms. The van der Waals surface area contributed by atoms with Gasteiger partial charge in [0.15, 0.2) is 0 Å². The van der Waals surface area contributed by atoms with Crippen LogP contribution in [0.1, 0.15) is 44.7 Å². The van der Waals surface area contributed by atoms with Gasteiger partial charge >= 0.3 is 0 Å². The number of hydrogen-bond donors (Lipinski definition) is 2. The zero-order chi connectivity index (χ0) is 18.5. The minimum Gasteiger partial charge on any atom is -0.489 e. The van der Waals surface area contributed by atoms with Gasteiger partial charge in [-0.25, -0.2) is 0 Å². The summed E-state index contributed by atoms with van der Waals surface area (Å²) in [7, 11) is 0. The largest absolute Gasteiger partial charge is 0.489 e. The summed E-state index contributed by atoms with van der Waals surface area (Å²) in [5.41, 5.74) is 4.00. The van der Waals surface area contributed by atoms with Gasteiger partial charge in [0.1, 0.15) is 12.4 Å². The molecule has 1 atom stereocenters. The zero-order valence-electron chi connectivity index (χ0n) is 15.7. The molecule has 3 heteroatoms. The summed E-state index contributed by atoms with van der Waals surface area (Å²) in [5, 5.41) is 0. The second-order valence-electron chi connectivity index (χ2n) is 6.59. The summed E-state index contributed by atoms with van der Waals surface area (Å²) in [4.78, 5) is 0. The van der Waals surface area contributed by atoms with Crippen LogP contribution >= 0.6 is 0 Å². The van der Waals surface area contributed by atoms with E-state index in [0.29, 0.717) is 12.5 Å². The standard InChI is InChI=1S/C22H28O.H4N2/c1-18(2)8-7-9-19(3)16-20-12-14-22(15-13-20)23-17-21-10-5-4-6-11-21;1-2/h4-6,8,10-15,19H,7,9,16-17H2,1-3H3;1-2H2. The molecule has 136 valence electrons. The molecule has 0 aliphatic carbocycles. The van der Waals surface area contributed by atoms with Gasteiger partial charge in [-0.3, -0.25) is 11.7 Å². The third-order valence-corrected chi connectivity index (χ3v) is 3.97. The molecule has 0 spiro atoms. The predicted molar refractivity (Wildman–Crippen MR) is 107 cm³/mol. The van der Waals surface area contributed by atoms with Gasteiger partial charge in [0.05, 0.1) is 0 Å². The monoisotopic (exact) mass is 340 g/mol. The average molecular weight is 341 g/mol. The van der Waals surface area contributed by atoms with E-state index < -0.39 is 0 Å². The lowest BCUT2D eigenvalue weighted by atomic mass is 9.96. The van der Waals surface area contributed by atoms with Crippen LogP contribution in [0.25, 0.3) is 0 Å². The lowest BCUT2D eigenvalue weighted by Crippen LogP contribution is -2.02. The highest BCUT2D eigenvalue weighted by atomic mass is 16.5. The third kappa shape index (κ3) is 9.08. The number of nitrogens with two attached hydrogens (primary N) is 2. The van der Waals surface area contributed by atoms with Gasteiger partial charge in [0.25, 0.3) is 0 Å². The Kier molecular flexibility index (Phi) is 10.3. The maximum atomic E-state index is 5.84. The van der Waals surface area contributed by atoms with Crippen LogP contribution in [0.3, 0.4) is 0 Å². The van der Waals surface area contributed by atoms with E-state index in [1.165, 1.54) is 29.5 Å². The van der Waals surface area contributed by atoms with E-state index in [-0.39, 0.29) is 0 Å². The number of benzene rings is 2. The smallest absolute Gasteiger partial charge is 0.119 e. The quantitative estimate of drug-likeness (QED) is 0.403. The molecule has 3 nitrogen and oxygen atoms in total. The van der Waals surface area contributed by atoms with Gasteiger partial charge in [-0.05, 0) is 62.3 Å². The van der Waals surface area contributed by atoms with Crippen molar-refractivity contribution in [2.75, 3.05) is 0 Å². The summed E-state index contributed by atoms with van der Waals surface area (Å²) in [6.45, 7) is 7.29. The first-order valence-electron chi connectivity index (χ1n) is 8.86. The van der Waals surface area contributed by atoms with Crippen LogP contribution in [0.5, 0.6) is 5.75 Å². The fourth-order valence-corrected chi connectivity index (χ4v) is 2.62. The molecule has 2 rings (SSSR count). The van der Waals surface area contributed by atoms with Crippen molar-refractivity contribution in [2.24, 2.45) is 17.6 Å².